The van der Waals surface area contributed by atoms with Crippen molar-refractivity contribution in [2.75, 3.05) is 26.3 Å². The van der Waals surface area contributed by atoms with Crippen LogP contribution in [-0.2, 0) is 5.41 Å². The highest BCUT2D eigenvalue weighted by Crippen LogP contribution is 2.24. The van der Waals surface area contributed by atoms with Crippen LogP contribution in [0.2, 0.25) is 5.15 Å². The molecule has 0 aliphatic carbocycles. The number of amides is 1. The molecule has 1 rings (SSSR count). The summed E-state index contributed by atoms with van der Waals surface area (Å²) < 4.78 is 0. The molecule has 0 spiro atoms. The normalized spacial score (nSPS) is 11.5. The summed E-state index contributed by atoms with van der Waals surface area (Å²) >= 11 is 5.98. The molecule has 0 radical (unpaired) electrons. The van der Waals surface area contributed by atoms with Crippen LogP contribution in [-0.4, -0.2) is 52.3 Å². The van der Waals surface area contributed by atoms with Gasteiger partial charge in [0.2, 0.25) is 0 Å². The van der Waals surface area contributed by atoms with E-state index in [0.29, 0.717) is 5.56 Å². The molecule has 0 saturated carbocycles. The van der Waals surface area contributed by atoms with E-state index in [-0.39, 0.29) is 42.8 Å². The first kappa shape index (κ1) is 16.9. The van der Waals surface area contributed by atoms with E-state index in [1.807, 2.05) is 20.8 Å². The van der Waals surface area contributed by atoms with Gasteiger partial charge in [0, 0.05) is 29.8 Å². The molecule has 0 bridgehead atoms. The van der Waals surface area contributed by atoms with Gasteiger partial charge >= 0.3 is 0 Å². The van der Waals surface area contributed by atoms with Crippen molar-refractivity contribution in [3.8, 4) is 0 Å². The monoisotopic (exact) mass is 300 g/mol. The minimum atomic E-state index is -0.275. The lowest BCUT2D eigenvalue weighted by Crippen LogP contribution is -2.36. The van der Waals surface area contributed by atoms with Crippen LogP contribution in [0, 0.1) is 0 Å². The lowest BCUT2D eigenvalue weighted by molar-refractivity contribution is 0.0684. The van der Waals surface area contributed by atoms with Gasteiger partial charge in [-0.15, -0.1) is 0 Å². The lowest BCUT2D eigenvalue weighted by atomic mass is 9.91. The molecule has 1 amide bonds. The molecule has 1 heterocycles. The van der Waals surface area contributed by atoms with E-state index in [1.54, 1.807) is 6.07 Å². The van der Waals surface area contributed by atoms with Gasteiger partial charge in [0.1, 0.15) is 5.15 Å². The van der Waals surface area contributed by atoms with Crippen molar-refractivity contribution >= 4 is 17.5 Å². The second kappa shape index (κ2) is 7.02. The molecule has 0 aliphatic rings. The van der Waals surface area contributed by atoms with Gasteiger partial charge in [-0.3, -0.25) is 4.79 Å². The maximum absolute atomic E-state index is 12.4. The first-order chi connectivity index (χ1) is 9.29. The fraction of sp³-hybridized carbons (Fsp3) is 0.571. The molecular weight excluding hydrogens is 280 g/mol. The summed E-state index contributed by atoms with van der Waals surface area (Å²) in [6.45, 7) is 5.99. The van der Waals surface area contributed by atoms with Crippen LogP contribution in [0.25, 0.3) is 0 Å². The van der Waals surface area contributed by atoms with Crippen molar-refractivity contribution in [2.45, 2.75) is 26.2 Å². The van der Waals surface area contributed by atoms with E-state index in [0.717, 1.165) is 5.69 Å². The van der Waals surface area contributed by atoms with Crippen LogP contribution in [0.1, 0.15) is 36.8 Å². The Morgan fingerprint density at radius 1 is 1.25 bits per heavy atom. The summed E-state index contributed by atoms with van der Waals surface area (Å²) in [6, 6.07) is 3.21. The number of aromatic nitrogens is 1. The zero-order valence-electron chi connectivity index (χ0n) is 12.1. The topological polar surface area (TPSA) is 73.7 Å². The number of carbonyl (C=O) groups excluding carboxylic acids is 1. The van der Waals surface area contributed by atoms with Crippen molar-refractivity contribution in [3.63, 3.8) is 0 Å². The van der Waals surface area contributed by atoms with Gasteiger partial charge < -0.3 is 15.1 Å². The standard InChI is InChI=1S/C14H21ClN2O3/c1-14(2,3)11-8-10(9-12(15)16-11)13(20)17(4-6-18)5-7-19/h8-9,18-19H,4-7H2,1-3H3. The van der Waals surface area contributed by atoms with Gasteiger partial charge in [-0.2, -0.15) is 0 Å². The third kappa shape index (κ3) is 4.44. The number of pyridine rings is 1. The van der Waals surface area contributed by atoms with Crippen LogP contribution >= 0.6 is 11.6 Å². The van der Waals surface area contributed by atoms with Crippen LogP contribution in [0.4, 0.5) is 0 Å². The number of aliphatic hydroxyl groups is 2. The number of aliphatic hydroxyl groups excluding tert-OH is 2. The quantitative estimate of drug-likeness (QED) is 0.808. The first-order valence-corrected chi connectivity index (χ1v) is 6.86. The van der Waals surface area contributed by atoms with Crippen LogP contribution < -0.4 is 0 Å². The zero-order chi connectivity index (χ0) is 15.3. The summed E-state index contributed by atoms with van der Waals surface area (Å²) in [4.78, 5) is 18.0. The zero-order valence-corrected chi connectivity index (χ0v) is 12.8. The lowest BCUT2D eigenvalue weighted by Gasteiger charge is -2.23. The molecule has 0 atom stereocenters. The summed E-state index contributed by atoms with van der Waals surface area (Å²) in [5, 5.41) is 18.2. The van der Waals surface area contributed by atoms with Crippen molar-refractivity contribution in [1.82, 2.24) is 9.88 Å². The molecule has 112 valence electrons. The van der Waals surface area contributed by atoms with Crippen molar-refractivity contribution in [1.29, 1.82) is 0 Å². The molecule has 0 fully saturated rings. The Morgan fingerprint density at radius 2 is 1.80 bits per heavy atom. The van der Waals surface area contributed by atoms with Crippen LogP contribution in [0.15, 0.2) is 12.1 Å². The average Bonchev–Trinajstić information content (AvgIpc) is 2.36. The Balaban J connectivity index is 3.11. The Hall–Kier alpha value is -1.17. The summed E-state index contributed by atoms with van der Waals surface area (Å²) in [5.41, 5.74) is 0.914. The molecule has 0 aliphatic heterocycles. The van der Waals surface area contributed by atoms with Gasteiger partial charge in [0.15, 0.2) is 0 Å². The third-order valence-electron chi connectivity index (χ3n) is 2.84. The summed E-state index contributed by atoms with van der Waals surface area (Å²) in [5.74, 6) is -0.275. The van der Waals surface area contributed by atoms with E-state index in [1.165, 1.54) is 11.0 Å². The highest BCUT2D eigenvalue weighted by Gasteiger charge is 2.21. The first-order valence-electron chi connectivity index (χ1n) is 6.48. The molecule has 2 N–H and O–H groups in total. The van der Waals surface area contributed by atoms with Gasteiger partial charge in [-0.05, 0) is 12.1 Å². The molecular formula is C14H21ClN2O3. The van der Waals surface area contributed by atoms with Crippen LogP contribution in [0.3, 0.4) is 0 Å². The molecule has 1 aromatic rings. The molecule has 20 heavy (non-hydrogen) atoms. The smallest absolute Gasteiger partial charge is 0.254 e. The summed E-state index contributed by atoms with van der Waals surface area (Å²) in [6.07, 6.45) is 0. The number of carbonyl (C=O) groups is 1. The number of halogens is 1. The number of nitrogens with zero attached hydrogens (tertiary/aromatic N) is 2. The minimum Gasteiger partial charge on any atom is -0.395 e. The van der Waals surface area contributed by atoms with Crippen LogP contribution in [0.5, 0.6) is 0 Å². The molecule has 6 heteroatoms. The Bertz CT molecular complexity index is 466. The molecule has 5 nitrogen and oxygen atoms in total. The minimum absolute atomic E-state index is 0.156. The van der Waals surface area contributed by atoms with Gasteiger partial charge in [-0.1, -0.05) is 32.4 Å². The maximum Gasteiger partial charge on any atom is 0.254 e. The Labute approximate surface area is 124 Å². The third-order valence-corrected chi connectivity index (χ3v) is 3.03. The van der Waals surface area contributed by atoms with Gasteiger partial charge in [0.25, 0.3) is 5.91 Å². The van der Waals surface area contributed by atoms with E-state index >= 15 is 0 Å². The van der Waals surface area contributed by atoms with E-state index in [4.69, 9.17) is 21.8 Å². The van der Waals surface area contributed by atoms with Crippen molar-refractivity contribution in [3.05, 3.63) is 28.5 Å². The molecule has 1 aromatic heterocycles. The van der Waals surface area contributed by atoms with Crippen molar-refractivity contribution < 1.29 is 15.0 Å². The maximum atomic E-state index is 12.4. The fourth-order valence-corrected chi connectivity index (χ4v) is 1.95. The Kier molecular flexibility index (Phi) is 5.92. The second-order valence-corrected chi connectivity index (χ2v) is 5.94. The van der Waals surface area contributed by atoms with Gasteiger partial charge in [0.05, 0.1) is 13.2 Å². The molecule has 0 saturated heterocycles. The van der Waals surface area contributed by atoms with E-state index in [9.17, 15) is 4.79 Å². The summed E-state index contributed by atoms with van der Waals surface area (Å²) in [7, 11) is 0. The number of hydrogen-bond donors (Lipinski definition) is 2. The highest BCUT2D eigenvalue weighted by molar-refractivity contribution is 6.29. The fourth-order valence-electron chi connectivity index (χ4n) is 1.74. The number of rotatable bonds is 5. The predicted molar refractivity (Wildman–Crippen MR) is 78.0 cm³/mol. The molecule has 0 unspecified atom stereocenters. The van der Waals surface area contributed by atoms with Gasteiger partial charge in [-0.25, -0.2) is 4.98 Å². The van der Waals surface area contributed by atoms with Crippen molar-refractivity contribution in [2.24, 2.45) is 0 Å². The van der Waals surface area contributed by atoms with E-state index < -0.39 is 0 Å². The Morgan fingerprint density at radius 3 is 2.25 bits per heavy atom. The highest BCUT2D eigenvalue weighted by atomic mass is 35.5. The second-order valence-electron chi connectivity index (χ2n) is 5.55. The largest absolute Gasteiger partial charge is 0.395 e. The number of hydrogen-bond acceptors (Lipinski definition) is 4. The SMILES string of the molecule is CC(C)(C)c1cc(C(=O)N(CCO)CCO)cc(Cl)n1. The van der Waals surface area contributed by atoms with E-state index in [2.05, 4.69) is 4.98 Å². The molecule has 0 aromatic carbocycles. The predicted octanol–water partition coefficient (Wildman–Crippen LogP) is 1.46. The average molecular weight is 301 g/mol.